The van der Waals surface area contributed by atoms with E-state index in [1.54, 1.807) is 17.0 Å². The average Bonchev–Trinajstić information content (AvgIpc) is 3.67. The second kappa shape index (κ2) is 13.0. The zero-order chi connectivity index (χ0) is 27.2. The van der Waals surface area contributed by atoms with Gasteiger partial charge in [-0.1, -0.05) is 18.2 Å². The van der Waals surface area contributed by atoms with E-state index in [9.17, 15) is 19.7 Å². The topological polar surface area (TPSA) is 111 Å². The predicted molar refractivity (Wildman–Crippen MR) is 148 cm³/mol. The number of nitro benzene ring substituents is 1. The summed E-state index contributed by atoms with van der Waals surface area (Å²) < 4.78 is 5.51. The fourth-order valence-corrected chi connectivity index (χ4v) is 6.30. The van der Waals surface area contributed by atoms with E-state index in [-0.39, 0.29) is 23.5 Å². The standard InChI is InChI=1S/C27H36N6O5S/c34-26(30-9-7-28-8-10-30)24-18-23(20-32(24)27(35)25-2-1-17-39-25)31(12-11-29-13-15-38-16-14-29)19-21-3-5-22(6-4-21)33(36)37/h1-6,17,23-24,28H,7-16,18-20H2. The van der Waals surface area contributed by atoms with Crippen molar-refractivity contribution in [1.82, 2.24) is 24.9 Å². The van der Waals surface area contributed by atoms with Crippen molar-refractivity contribution >= 4 is 28.8 Å². The second-order valence-electron chi connectivity index (χ2n) is 10.3. The van der Waals surface area contributed by atoms with Gasteiger partial charge in [0.15, 0.2) is 0 Å². The first-order chi connectivity index (χ1) is 19.0. The van der Waals surface area contributed by atoms with E-state index in [4.69, 9.17) is 4.74 Å². The molecule has 3 aliphatic heterocycles. The van der Waals surface area contributed by atoms with Crippen LogP contribution >= 0.6 is 11.3 Å². The van der Waals surface area contributed by atoms with Crippen molar-refractivity contribution in [3.8, 4) is 0 Å². The molecule has 12 heteroatoms. The van der Waals surface area contributed by atoms with Crippen molar-refractivity contribution in [1.29, 1.82) is 0 Å². The van der Waals surface area contributed by atoms with Gasteiger partial charge in [-0.05, 0) is 23.4 Å². The molecule has 210 valence electrons. The third-order valence-electron chi connectivity index (χ3n) is 7.84. The average molecular weight is 557 g/mol. The van der Waals surface area contributed by atoms with E-state index in [2.05, 4.69) is 15.1 Å². The number of hydrogen-bond acceptors (Lipinski definition) is 9. The molecule has 11 nitrogen and oxygen atoms in total. The fourth-order valence-electron chi connectivity index (χ4n) is 5.62. The maximum Gasteiger partial charge on any atom is 0.269 e. The lowest BCUT2D eigenvalue weighted by Gasteiger charge is -2.33. The van der Waals surface area contributed by atoms with E-state index < -0.39 is 11.0 Å². The SMILES string of the molecule is O=C(C1CC(N(CCN2CCOCC2)Cc2ccc([N+](=O)[O-])cc2)CN1C(=O)c1cccs1)N1CCNCC1. The van der Waals surface area contributed by atoms with Gasteiger partial charge in [0.2, 0.25) is 5.91 Å². The van der Waals surface area contributed by atoms with Crippen molar-refractivity contribution < 1.29 is 19.2 Å². The zero-order valence-electron chi connectivity index (χ0n) is 22.1. The number of piperazine rings is 1. The number of thiophene rings is 1. The zero-order valence-corrected chi connectivity index (χ0v) is 22.9. The summed E-state index contributed by atoms with van der Waals surface area (Å²) in [7, 11) is 0. The smallest absolute Gasteiger partial charge is 0.269 e. The molecule has 39 heavy (non-hydrogen) atoms. The highest BCUT2D eigenvalue weighted by Gasteiger charge is 2.44. The molecule has 1 aromatic carbocycles. The van der Waals surface area contributed by atoms with Crippen LogP contribution < -0.4 is 5.32 Å². The Balaban J connectivity index is 1.37. The first-order valence-corrected chi connectivity index (χ1v) is 14.5. The number of nitro groups is 1. The molecule has 0 bridgehead atoms. The maximum atomic E-state index is 13.7. The molecular weight excluding hydrogens is 520 g/mol. The normalized spacial score (nSPS) is 22.4. The molecule has 3 aliphatic rings. The Labute approximate surface area is 232 Å². The molecular formula is C27H36N6O5S. The molecule has 0 radical (unpaired) electrons. The van der Waals surface area contributed by atoms with Gasteiger partial charge in [0.05, 0.1) is 23.0 Å². The Bertz CT molecular complexity index is 1120. The van der Waals surface area contributed by atoms with Crippen LogP contribution in [0.1, 0.15) is 21.7 Å². The lowest BCUT2D eigenvalue weighted by atomic mass is 10.1. The number of likely N-dealkylation sites (tertiary alicyclic amines) is 1. The summed E-state index contributed by atoms with van der Waals surface area (Å²) >= 11 is 1.40. The molecule has 2 atom stereocenters. The molecule has 4 heterocycles. The molecule has 2 unspecified atom stereocenters. The van der Waals surface area contributed by atoms with Gasteiger partial charge in [-0.3, -0.25) is 29.5 Å². The minimum Gasteiger partial charge on any atom is -0.379 e. The number of non-ortho nitro benzene ring substituents is 1. The van der Waals surface area contributed by atoms with Gasteiger partial charge in [0, 0.05) is 83.6 Å². The van der Waals surface area contributed by atoms with Gasteiger partial charge in [0.25, 0.3) is 11.6 Å². The molecule has 1 N–H and O–H groups in total. The molecule has 5 rings (SSSR count). The summed E-state index contributed by atoms with van der Waals surface area (Å²) in [5.41, 5.74) is 1.03. The second-order valence-corrected chi connectivity index (χ2v) is 11.2. The Kier molecular flexibility index (Phi) is 9.20. The van der Waals surface area contributed by atoms with E-state index >= 15 is 0 Å². The number of hydrogen-bond donors (Lipinski definition) is 1. The van der Waals surface area contributed by atoms with Crippen LogP contribution in [0.15, 0.2) is 41.8 Å². The molecule has 2 amide bonds. The number of carbonyl (C=O) groups excluding carboxylic acids is 2. The minimum atomic E-state index is -0.509. The van der Waals surface area contributed by atoms with Gasteiger partial charge in [0.1, 0.15) is 6.04 Å². The quantitative estimate of drug-likeness (QED) is 0.366. The van der Waals surface area contributed by atoms with Crippen LogP contribution in [-0.2, 0) is 16.1 Å². The Morgan fingerprint density at radius 3 is 2.51 bits per heavy atom. The Morgan fingerprint density at radius 1 is 1.10 bits per heavy atom. The minimum absolute atomic E-state index is 0.0120. The van der Waals surface area contributed by atoms with Gasteiger partial charge >= 0.3 is 0 Å². The van der Waals surface area contributed by atoms with Crippen LogP contribution in [-0.4, -0.2) is 121 Å². The van der Waals surface area contributed by atoms with Gasteiger partial charge in [-0.2, -0.15) is 0 Å². The number of rotatable bonds is 9. The van der Waals surface area contributed by atoms with Crippen LogP contribution in [0.3, 0.4) is 0 Å². The molecule has 3 saturated heterocycles. The van der Waals surface area contributed by atoms with Crippen LogP contribution in [0.2, 0.25) is 0 Å². The van der Waals surface area contributed by atoms with Crippen molar-refractivity contribution in [2.75, 3.05) is 72.1 Å². The van der Waals surface area contributed by atoms with Gasteiger partial charge in [-0.15, -0.1) is 11.3 Å². The molecule has 3 fully saturated rings. The number of ether oxygens (including phenoxy) is 1. The van der Waals surface area contributed by atoms with Crippen molar-refractivity contribution in [2.45, 2.75) is 25.0 Å². The van der Waals surface area contributed by atoms with Crippen LogP contribution in [0, 0.1) is 10.1 Å². The molecule has 0 spiro atoms. The van der Waals surface area contributed by atoms with Crippen molar-refractivity contribution in [2.24, 2.45) is 0 Å². The number of nitrogens with one attached hydrogen (secondary N) is 1. The van der Waals surface area contributed by atoms with Gasteiger partial charge in [-0.25, -0.2) is 0 Å². The van der Waals surface area contributed by atoms with Gasteiger partial charge < -0.3 is 19.9 Å². The number of benzene rings is 1. The highest BCUT2D eigenvalue weighted by molar-refractivity contribution is 7.12. The van der Waals surface area contributed by atoms with E-state index in [0.717, 1.165) is 58.0 Å². The summed E-state index contributed by atoms with van der Waals surface area (Å²) in [6.07, 6.45) is 0.565. The maximum absolute atomic E-state index is 13.7. The Morgan fingerprint density at radius 2 is 1.85 bits per heavy atom. The third-order valence-corrected chi connectivity index (χ3v) is 8.70. The Hall–Kier alpha value is -2.90. The van der Waals surface area contributed by atoms with E-state index in [1.807, 2.05) is 22.4 Å². The summed E-state index contributed by atoms with van der Waals surface area (Å²) in [6.45, 7) is 8.66. The van der Waals surface area contributed by atoms with Crippen LogP contribution in [0.5, 0.6) is 0 Å². The summed E-state index contributed by atoms with van der Waals surface area (Å²) in [6, 6.07) is 9.83. The lowest BCUT2D eigenvalue weighted by molar-refractivity contribution is -0.384. The molecule has 1 aromatic heterocycles. The predicted octanol–water partition coefficient (Wildman–Crippen LogP) is 1.51. The lowest BCUT2D eigenvalue weighted by Crippen LogP contribution is -2.53. The summed E-state index contributed by atoms with van der Waals surface area (Å²) in [5, 5.41) is 16.3. The summed E-state index contributed by atoms with van der Waals surface area (Å²) in [4.78, 5) is 47.1. The highest BCUT2D eigenvalue weighted by atomic mass is 32.1. The summed E-state index contributed by atoms with van der Waals surface area (Å²) in [5.74, 6) is -0.0724. The van der Waals surface area contributed by atoms with Crippen molar-refractivity contribution in [3.63, 3.8) is 0 Å². The first-order valence-electron chi connectivity index (χ1n) is 13.6. The van der Waals surface area contributed by atoms with E-state index in [0.29, 0.717) is 37.5 Å². The van der Waals surface area contributed by atoms with Crippen molar-refractivity contribution in [3.05, 3.63) is 62.3 Å². The largest absolute Gasteiger partial charge is 0.379 e. The van der Waals surface area contributed by atoms with E-state index in [1.165, 1.54) is 23.5 Å². The molecule has 2 aromatic rings. The number of morpholine rings is 1. The van der Waals surface area contributed by atoms with Crippen LogP contribution in [0.25, 0.3) is 0 Å². The number of nitrogens with zero attached hydrogens (tertiary/aromatic N) is 5. The third kappa shape index (κ3) is 6.82. The first kappa shape index (κ1) is 27.7. The number of amides is 2. The fraction of sp³-hybridized carbons (Fsp3) is 0.556. The highest BCUT2D eigenvalue weighted by Crippen LogP contribution is 2.28. The number of carbonyl (C=O) groups is 2. The monoisotopic (exact) mass is 556 g/mol. The molecule has 0 aliphatic carbocycles. The van der Waals surface area contributed by atoms with Crippen LogP contribution in [0.4, 0.5) is 5.69 Å². The molecule has 0 saturated carbocycles.